The summed E-state index contributed by atoms with van der Waals surface area (Å²) in [6.07, 6.45) is 0.157. The zero-order valence-electron chi connectivity index (χ0n) is 16.9. The summed E-state index contributed by atoms with van der Waals surface area (Å²) >= 11 is 0. The van der Waals surface area contributed by atoms with E-state index in [2.05, 4.69) is 16.0 Å². The normalized spacial score (nSPS) is 11.1. The molecule has 2 rings (SSSR count). The molecule has 0 aliphatic rings. The monoisotopic (exact) mass is 411 g/mol. The number of para-hydroxylation sites is 1. The Bertz CT molecular complexity index is 899. The van der Waals surface area contributed by atoms with Gasteiger partial charge < -0.3 is 20.7 Å². The van der Waals surface area contributed by atoms with Gasteiger partial charge in [-0.3, -0.25) is 14.4 Å². The van der Waals surface area contributed by atoms with Crippen molar-refractivity contribution in [3.8, 4) is 0 Å². The summed E-state index contributed by atoms with van der Waals surface area (Å²) in [6.45, 7) is 3.20. The minimum Gasteiger partial charge on any atom is -0.452 e. The Balaban J connectivity index is 1.92. The first-order valence-electron chi connectivity index (χ1n) is 9.57. The molecular weight excluding hydrogens is 386 g/mol. The molecule has 0 aromatic heterocycles. The van der Waals surface area contributed by atoms with Gasteiger partial charge in [-0.1, -0.05) is 42.5 Å². The zero-order chi connectivity index (χ0) is 21.9. The third-order valence-electron chi connectivity index (χ3n) is 4.08. The van der Waals surface area contributed by atoms with Gasteiger partial charge in [-0.05, 0) is 31.5 Å². The molecule has 8 heteroatoms. The van der Waals surface area contributed by atoms with Crippen molar-refractivity contribution in [2.24, 2.45) is 0 Å². The number of carbonyl (C=O) groups excluding carboxylic acids is 4. The Morgan fingerprint density at radius 3 is 2.30 bits per heavy atom. The Morgan fingerprint density at radius 2 is 1.60 bits per heavy atom. The van der Waals surface area contributed by atoms with Crippen LogP contribution in [-0.4, -0.2) is 42.9 Å². The van der Waals surface area contributed by atoms with E-state index in [9.17, 15) is 19.2 Å². The lowest BCUT2D eigenvalue weighted by Crippen LogP contribution is -2.46. The largest absolute Gasteiger partial charge is 0.452 e. The molecule has 0 radical (unpaired) electrons. The predicted octanol–water partition coefficient (Wildman–Crippen LogP) is 1.67. The molecule has 0 spiro atoms. The molecule has 30 heavy (non-hydrogen) atoms. The average molecular weight is 411 g/mol. The number of nitrogens with one attached hydrogen (secondary N) is 3. The Morgan fingerprint density at radius 1 is 0.933 bits per heavy atom. The van der Waals surface area contributed by atoms with Crippen LogP contribution in [0.2, 0.25) is 0 Å². The highest BCUT2D eigenvalue weighted by Gasteiger charge is 2.18. The van der Waals surface area contributed by atoms with Gasteiger partial charge in [-0.15, -0.1) is 0 Å². The Kier molecular flexibility index (Phi) is 8.56. The van der Waals surface area contributed by atoms with Crippen molar-refractivity contribution in [3.63, 3.8) is 0 Å². The maximum Gasteiger partial charge on any atom is 0.340 e. The van der Waals surface area contributed by atoms with Gasteiger partial charge in [0, 0.05) is 6.54 Å². The minimum absolute atomic E-state index is 0.128. The summed E-state index contributed by atoms with van der Waals surface area (Å²) in [5.41, 5.74) is 1.26. The van der Waals surface area contributed by atoms with Crippen LogP contribution in [0.5, 0.6) is 0 Å². The lowest BCUT2D eigenvalue weighted by atomic mass is 10.1. The van der Waals surface area contributed by atoms with E-state index in [0.29, 0.717) is 12.2 Å². The fourth-order valence-corrected chi connectivity index (χ4v) is 2.63. The molecule has 0 aliphatic heterocycles. The number of amides is 3. The minimum atomic E-state index is -0.758. The first-order chi connectivity index (χ1) is 14.4. The molecule has 0 fully saturated rings. The third-order valence-corrected chi connectivity index (χ3v) is 4.08. The summed E-state index contributed by atoms with van der Waals surface area (Å²) in [5, 5.41) is 7.73. The van der Waals surface area contributed by atoms with Crippen LogP contribution in [-0.2, 0) is 25.5 Å². The second-order valence-corrected chi connectivity index (χ2v) is 6.52. The summed E-state index contributed by atoms with van der Waals surface area (Å²) in [4.78, 5) is 48.3. The topological polar surface area (TPSA) is 114 Å². The van der Waals surface area contributed by atoms with Crippen molar-refractivity contribution in [3.05, 3.63) is 65.7 Å². The number of esters is 1. The zero-order valence-corrected chi connectivity index (χ0v) is 16.9. The predicted molar refractivity (Wildman–Crippen MR) is 112 cm³/mol. The lowest BCUT2D eigenvalue weighted by Gasteiger charge is -2.14. The Hall–Kier alpha value is -3.68. The van der Waals surface area contributed by atoms with E-state index in [1.165, 1.54) is 13.0 Å². The van der Waals surface area contributed by atoms with E-state index in [0.717, 1.165) is 5.56 Å². The van der Waals surface area contributed by atoms with Crippen LogP contribution < -0.4 is 16.0 Å². The van der Waals surface area contributed by atoms with Gasteiger partial charge in [-0.25, -0.2) is 4.79 Å². The van der Waals surface area contributed by atoms with Crippen LogP contribution in [0.1, 0.15) is 29.8 Å². The molecule has 0 heterocycles. The number of ether oxygens (including phenoxy) is 1. The number of hydrogen-bond donors (Lipinski definition) is 3. The SMILES string of the molecule is CCNC(=O)[C@H](C)NC(=O)COC(=O)c1ccccc1NC(=O)Cc1ccccc1. The highest BCUT2D eigenvalue weighted by atomic mass is 16.5. The number of carbonyl (C=O) groups is 4. The molecule has 158 valence electrons. The maximum atomic E-state index is 12.4. The van der Waals surface area contributed by atoms with Gasteiger partial charge in [0.2, 0.25) is 11.8 Å². The molecule has 2 aromatic carbocycles. The first kappa shape index (κ1) is 22.6. The van der Waals surface area contributed by atoms with Crippen molar-refractivity contribution in [1.29, 1.82) is 0 Å². The molecule has 3 amide bonds. The number of hydrogen-bond acceptors (Lipinski definition) is 5. The molecule has 8 nitrogen and oxygen atoms in total. The van der Waals surface area contributed by atoms with Crippen molar-refractivity contribution in [2.75, 3.05) is 18.5 Å². The van der Waals surface area contributed by atoms with Gasteiger partial charge in [0.15, 0.2) is 6.61 Å². The van der Waals surface area contributed by atoms with E-state index >= 15 is 0 Å². The van der Waals surface area contributed by atoms with Crippen molar-refractivity contribution >= 4 is 29.4 Å². The molecular formula is C22H25N3O5. The maximum absolute atomic E-state index is 12.4. The molecule has 0 bridgehead atoms. The molecule has 3 N–H and O–H groups in total. The highest BCUT2D eigenvalue weighted by molar-refractivity contribution is 6.02. The summed E-state index contributed by atoms with van der Waals surface area (Å²) < 4.78 is 5.04. The van der Waals surface area contributed by atoms with E-state index in [1.54, 1.807) is 25.1 Å². The first-order valence-corrected chi connectivity index (χ1v) is 9.57. The fraction of sp³-hybridized carbons (Fsp3) is 0.273. The van der Waals surface area contributed by atoms with Gasteiger partial charge in [0.25, 0.3) is 5.91 Å². The molecule has 0 saturated carbocycles. The van der Waals surface area contributed by atoms with Gasteiger partial charge >= 0.3 is 5.97 Å². The smallest absolute Gasteiger partial charge is 0.340 e. The van der Waals surface area contributed by atoms with Crippen LogP contribution in [0, 0.1) is 0 Å². The van der Waals surface area contributed by atoms with Gasteiger partial charge in [0.05, 0.1) is 17.7 Å². The van der Waals surface area contributed by atoms with Crippen molar-refractivity contribution in [1.82, 2.24) is 10.6 Å². The number of rotatable bonds is 9. The van der Waals surface area contributed by atoms with E-state index in [4.69, 9.17) is 4.74 Å². The molecule has 1 atom stereocenters. The molecule has 0 unspecified atom stereocenters. The quantitative estimate of drug-likeness (QED) is 0.543. The molecule has 0 saturated heterocycles. The van der Waals surface area contributed by atoms with E-state index < -0.39 is 24.5 Å². The molecule has 0 aliphatic carbocycles. The second-order valence-electron chi connectivity index (χ2n) is 6.52. The standard InChI is InChI=1S/C22H25N3O5/c1-3-23-21(28)15(2)24-20(27)14-30-22(29)17-11-7-8-12-18(17)25-19(26)13-16-9-5-4-6-10-16/h4-12,15H,3,13-14H2,1-2H3,(H,23,28)(H,24,27)(H,25,26)/t15-/m0/s1. The molecule has 2 aromatic rings. The Labute approximate surface area is 175 Å². The van der Waals surface area contributed by atoms with Crippen LogP contribution in [0.3, 0.4) is 0 Å². The number of anilines is 1. The lowest BCUT2D eigenvalue weighted by molar-refractivity contribution is -0.130. The second kappa shape index (κ2) is 11.4. The van der Waals surface area contributed by atoms with Crippen LogP contribution in [0.4, 0.5) is 5.69 Å². The number of benzene rings is 2. The summed E-state index contributed by atoms with van der Waals surface area (Å²) in [6, 6.07) is 14.8. The van der Waals surface area contributed by atoms with Crippen LogP contribution in [0.15, 0.2) is 54.6 Å². The fourth-order valence-electron chi connectivity index (χ4n) is 2.63. The van der Waals surface area contributed by atoms with Gasteiger partial charge in [-0.2, -0.15) is 0 Å². The third kappa shape index (κ3) is 7.05. The van der Waals surface area contributed by atoms with Gasteiger partial charge in [0.1, 0.15) is 6.04 Å². The number of likely N-dealkylation sites (N-methyl/N-ethyl adjacent to an activating group) is 1. The van der Waals surface area contributed by atoms with E-state index in [1.807, 2.05) is 30.3 Å². The summed E-state index contributed by atoms with van der Waals surface area (Å²) in [5.74, 6) is -1.97. The van der Waals surface area contributed by atoms with Crippen LogP contribution in [0.25, 0.3) is 0 Å². The van der Waals surface area contributed by atoms with Crippen molar-refractivity contribution in [2.45, 2.75) is 26.3 Å². The highest BCUT2D eigenvalue weighted by Crippen LogP contribution is 2.17. The average Bonchev–Trinajstić information content (AvgIpc) is 2.73. The van der Waals surface area contributed by atoms with E-state index in [-0.39, 0.29) is 23.8 Å². The summed E-state index contributed by atoms with van der Waals surface area (Å²) in [7, 11) is 0. The van der Waals surface area contributed by atoms with Crippen molar-refractivity contribution < 1.29 is 23.9 Å². The van der Waals surface area contributed by atoms with Crippen LogP contribution >= 0.6 is 0 Å².